The van der Waals surface area contributed by atoms with Crippen LogP contribution in [0.25, 0.3) is 0 Å². The largest absolute Gasteiger partial charge is 0.467 e. The van der Waals surface area contributed by atoms with E-state index in [0.717, 1.165) is 32.8 Å². The average molecular weight is 466 g/mol. The molecule has 9 heteroatoms. The molecular weight excluding hydrogens is 432 g/mol. The molecule has 1 aromatic carbocycles. The number of rotatable bonds is 9. The zero-order valence-corrected chi connectivity index (χ0v) is 18.9. The summed E-state index contributed by atoms with van der Waals surface area (Å²) < 4.78 is 35.9. The molecule has 1 heterocycles. The number of alkyl halides is 2. The smallest absolute Gasteiger partial charge is 0.344 e. The first-order chi connectivity index (χ1) is 15.8. The van der Waals surface area contributed by atoms with E-state index >= 15 is 8.78 Å². The van der Waals surface area contributed by atoms with Gasteiger partial charge in [-0.2, -0.15) is 8.78 Å². The first-order valence-electron chi connectivity index (χ1n) is 11.7. The van der Waals surface area contributed by atoms with E-state index in [1.165, 1.54) is 0 Å². The second kappa shape index (κ2) is 11.5. The number of halogens is 2. The zero-order chi connectivity index (χ0) is 23.8. The van der Waals surface area contributed by atoms with Gasteiger partial charge in [-0.25, -0.2) is 4.79 Å². The van der Waals surface area contributed by atoms with E-state index < -0.39 is 47.7 Å². The van der Waals surface area contributed by atoms with Crippen LogP contribution in [0.3, 0.4) is 0 Å². The van der Waals surface area contributed by atoms with E-state index in [9.17, 15) is 14.4 Å². The summed E-state index contributed by atoms with van der Waals surface area (Å²) in [6.45, 7) is 0.656. The molecule has 0 spiro atoms. The highest BCUT2D eigenvalue weighted by Gasteiger charge is 2.52. The van der Waals surface area contributed by atoms with Crippen LogP contribution < -0.4 is 16.0 Å². The first-order valence-corrected chi connectivity index (χ1v) is 11.7. The molecule has 2 amide bonds. The van der Waals surface area contributed by atoms with Crippen molar-refractivity contribution < 1.29 is 27.9 Å². The molecule has 0 unspecified atom stereocenters. The zero-order valence-electron chi connectivity index (χ0n) is 18.9. The quantitative estimate of drug-likeness (QED) is 0.487. The van der Waals surface area contributed by atoms with Crippen LogP contribution in [-0.2, 0) is 25.5 Å². The van der Waals surface area contributed by atoms with Crippen molar-refractivity contribution in [2.45, 2.75) is 75.4 Å². The number of nitrogens with one attached hydrogen (secondary N) is 3. The highest BCUT2D eigenvalue weighted by atomic mass is 19.3. The molecule has 1 saturated heterocycles. The fraction of sp³-hybridized carbons (Fsp3) is 0.625. The number of esters is 1. The van der Waals surface area contributed by atoms with E-state index in [2.05, 4.69) is 16.0 Å². The van der Waals surface area contributed by atoms with Crippen molar-refractivity contribution in [1.29, 1.82) is 0 Å². The van der Waals surface area contributed by atoms with E-state index in [1.54, 1.807) is 30.3 Å². The summed E-state index contributed by atoms with van der Waals surface area (Å²) in [6.07, 6.45) is 4.89. The molecule has 1 aromatic rings. The van der Waals surface area contributed by atoms with Gasteiger partial charge in [-0.05, 0) is 43.7 Å². The number of carbonyl (C=O) groups is 3. The first kappa shape index (κ1) is 25.1. The van der Waals surface area contributed by atoms with Crippen LogP contribution in [0.5, 0.6) is 0 Å². The van der Waals surface area contributed by atoms with E-state index in [4.69, 9.17) is 4.74 Å². The van der Waals surface area contributed by atoms with Gasteiger partial charge >= 0.3 is 11.9 Å². The van der Waals surface area contributed by atoms with Crippen LogP contribution in [-0.4, -0.2) is 55.5 Å². The summed E-state index contributed by atoms with van der Waals surface area (Å²) in [7, 11) is 1.14. The van der Waals surface area contributed by atoms with Crippen LogP contribution in [0, 0.1) is 5.92 Å². The lowest BCUT2D eigenvalue weighted by atomic mass is 9.81. The Morgan fingerprint density at radius 3 is 2.36 bits per heavy atom. The third-order valence-corrected chi connectivity index (χ3v) is 6.56. The van der Waals surface area contributed by atoms with Crippen molar-refractivity contribution in [3.63, 3.8) is 0 Å². The standard InChI is InChI=1S/C24H33F2N3O4/c1-33-22(31)19(15-16-9-4-2-5-10-16)28-23(32)24(25,26)20(17-11-6-3-7-12-17)29-21(30)18-13-8-14-27-18/h2,4-5,9-10,17-20,27H,3,6-8,11-15H2,1H3,(H,28,32)(H,29,30)/t18-,19-,20+/m0/s1. The van der Waals surface area contributed by atoms with Gasteiger partial charge in [0.15, 0.2) is 0 Å². The van der Waals surface area contributed by atoms with Gasteiger partial charge in [0.2, 0.25) is 5.91 Å². The highest BCUT2D eigenvalue weighted by Crippen LogP contribution is 2.34. The molecule has 3 N–H and O–H groups in total. The second-order valence-corrected chi connectivity index (χ2v) is 8.90. The summed E-state index contributed by atoms with van der Waals surface area (Å²) in [4.78, 5) is 37.8. The second-order valence-electron chi connectivity index (χ2n) is 8.90. The summed E-state index contributed by atoms with van der Waals surface area (Å²) in [5.41, 5.74) is 0.695. The Labute approximate surface area is 193 Å². The maximum absolute atomic E-state index is 15.6. The van der Waals surface area contributed by atoms with Gasteiger partial charge in [-0.1, -0.05) is 49.6 Å². The lowest BCUT2D eigenvalue weighted by Crippen LogP contribution is -2.62. The van der Waals surface area contributed by atoms with Gasteiger partial charge in [0, 0.05) is 6.42 Å². The fourth-order valence-electron chi connectivity index (χ4n) is 4.72. The van der Waals surface area contributed by atoms with Crippen molar-refractivity contribution in [3.8, 4) is 0 Å². The lowest BCUT2D eigenvalue weighted by Gasteiger charge is -2.36. The maximum Gasteiger partial charge on any atom is 0.344 e. The number of hydrogen-bond acceptors (Lipinski definition) is 5. The van der Waals surface area contributed by atoms with E-state index in [0.29, 0.717) is 31.4 Å². The molecule has 3 atom stereocenters. The Morgan fingerprint density at radius 1 is 1.06 bits per heavy atom. The molecular formula is C24H33F2N3O4. The number of benzene rings is 1. The molecule has 0 bridgehead atoms. The molecule has 0 radical (unpaired) electrons. The van der Waals surface area contributed by atoms with Gasteiger partial charge in [-0.15, -0.1) is 0 Å². The molecule has 0 aromatic heterocycles. The van der Waals surface area contributed by atoms with Crippen molar-refractivity contribution >= 4 is 17.8 Å². The van der Waals surface area contributed by atoms with Crippen molar-refractivity contribution in [1.82, 2.24) is 16.0 Å². The third-order valence-electron chi connectivity index (χ3n) is 6.56. The molecule has 182 valence electrons. The SMILES string of the molecule is COC(=O)[C@H](Cc1ccccc1)NC(=O)C(F)(F)[C@H](NC(=O)[C@@H]1CCCN1)C1CCCCC1. The van der Waals surface area contributed by atoms with Crippen LogP contribution in [0.4, 0.5) is 8.78 Å². The monoisotopic (exact) mass is 465 g/mol. The lowest BCUT2D eigenvalue weighted by molar-refractivity contribution is -0.159. The summed E-state index contributed by atoms with van der Waals surface area (Å²) in [5, 5.41) is 7.68. The van der Waals surface area contributed by atoms with Crippen molar-refractivity contribution in [2.75, 3.05) is 13.7 Å². The highest BCUT2D eigenvalue weighted by molar-refractivity contribution is 5.90. The van der Waals surface area contributed by atoms with Gasteiger partial charge in [0.25, 0.3) is 5.91 Å². The number of hydrogen-bond donors (Lipinski definition) is 3. The van der Waals surface area contributed by atoms with Crippen LogP contribution in [0.15, 0.2) is 30.3 Å². The predicted molar refractivity (Wildman–Crippen MR) is 119 cm³/mol. The normalized spacial score (nSPS) is 21.1. The Balaban J connectivity index is 1.77. The van der Waals surface area contributed by atoms with Crippen LogP contribution in [0.2, 0.25) is 0 Å². The van der Waals surface area contributed by atoms with E-state index in [-0.39, 0.29) is 6.42 Å². The van der Waals surface area contributed by atoms with Gasteiger partial charge in [0.05, 0.1) is 13.2 Å². The van der Waals surface area contributed by atoms with Crippen LogP contribution in [0.1, 0.15) is 50.5 Å². The molecule has 1 aliphatic heterocycles. The number of ether oxygens (including phenoxy) is 1. The summed E-state index contributed by atoms with van der Waals surface area (Å²) in [6, 6.07) is 5.34. The molecule has 33 heavy (non-hydrogen) atoms. The number of amides is 2. The number of carbonyl (C=O) groups excluding carboxylic acids is 3. The maximum atomic E-state index is 15.6. The minimum atomic E-state index is -3.89. The minimum Gasteiger partial charge on any atom is -0.467 e. The molecule has 7 nitrogen and oxygen atoms in total. The van der Waals surface area contributed by atoms with Crippen molar-refractivity contribution in [2.24, 2.45) is 5.92 Å². The average Bonchev–Trinajstić information content (AvgIpc) is 3.37. The minimum absolute atomic E-state index is 0.0157. The summed E-state index contributed by atoms with van der Waals surface area (Å²) >= 11 is 0. The Bertz CT molecular complexity index is 809. The molecule has 3 rings (SSSR count). The fourth-order valence-corrected chi connectivity index (χ4v) is 4.72. The molecule has 2 fully saturated rings. The van der Waals surface area contributed by atoms with Gasteiger partial charge < -0.3 is 20.7 Å². The van der Waals surface area contributed by atoms with Crippen LogP contribution >= 0.6 is 0 Å². The molecule has 1 saturated carbocycles. The molecule has 2 aliphatic rings. The van der Waals surface area contributed by atoms with Crippen molar-refractivity contribution in [3.05, 3.63) is 35.9 Å². The molecule has 1 aliphatic carbocycles. The summed E-state index contributed by atoms with van der Waals surface area (Å²) in [5.74, 6) is -7.31. The Kier molecular flexibility index (Phi) is 8.77. The third kappa shape index (κ3) is 6.50. The van der Waals surface area contributed by atoms with E-state index in [1.807, 2.05) is 0 Å². The number of methoxy groups -OCH3 is 1. The Morgan fingerprint density at radius 2 is 1.76 bits per heavy atom. The van der Waals surface area contributed by atoms with Gasteiger partial charge in [0.1, 0.15) is 12.1 Å². The predicted octanol–water partition coefficient (Wildman–Crippen LogP) is 2.34. The topological polar surface area (TPSA) is 96.5 Å². The van der Waals surface area contributed by atoms with Gasteiger partial charge in [-0.3, -0.25) is 9.59 Å². The Hall–Kier alpha value is -2.55.